The summed E-state index contributed by atoms with van der Waals surface area (Å²) in [5.41, 5.74) is 2.09. The fourth-order valence-corrected chi connectivity index (χ4v) is 4.60. The molecule has 0 fully saturated rings. The lowest BCUT2D eigenvalue weighted by atomic mass is 9.69. The first-order valence-electron chi connectivity index (χ1n) is 10.5. The van der Waals surface area contributed by atoms with Gasteiger partial charge in [-0.2, -0.15) is 0 Å². The molecule has 1 aliphatic carbocycles. The van der Waals surface area contributed by atoms with Crippen LogP contribution in [0.4, 0.5) is 0 Å². The van der Waals surface area contributed by atoms with Crippen LogP contribution in [0.25, 0.3) is 0 Å². The van der Waals surface area contributed by atoms with Crippen LogP contribution in [0.15, 0.2) is 53.8 Å². The molecule has 0 saturated heterocycles. The predicted molar refractivity (Wildman–Crippen MR) is 116 cm³/mol. The van der Waals surface area contributed by atoms with E-state index in [1.807, 2.05) is 36.4 Å². The summed E-state index contributed by atoms with van der Waals surface area (Å²) in [6.07, 6.45) is -0.243. The van der Waals surface area contributed by atoms with E-state index in [0.29, 0.717) is 23.7 Å². The minimum absolute atomic E-state index is 0.0582. The number of aliphatic hydroxyl groups excluding tert-OH is 1. The van der Waals surface area contributed by atoms with Crippen LogP contribution in [-0.4, -0.2) is 31.4 Å². The number of carbonyl (C=O) groups is 1. The normalized spacial score (nSPS) is 21.9. The second-order valence-electron chi connectivity index (χ2n) is 8.34. The number of hydrogen-bond donors (Lipinski definition) is 1. The van der Waals surface area contributed by atoms with Crippen LogP contribution >= 0.6 is 0 Å². The maximum absolute atomic E-state index is 12.9. The molecule has 2 aromatic carbocycles. The van der Waals surface area contributed by atoms with E-state index < -0.39 is 12.1 Å². The second-order valence-corrected chi connectivity index (χ2v) is 8.34. The van der Waals surface area contributed by atoms with Crippen LogP contribution in [0.5, 0.6) is 17.2 Å². The molecule has 0 amide bonds. The molecule has 31 heavy (non-hydrogen) atoms. The van der Waals surface area contributed by atoms with Crippen molar-refractivity contribution in [3.8, 4) is 17.2 Å². The number of carbonyl (C=O) groups excluding carboxylic acids is 1. The molecule has 1 heterocycles. The molecule has 6 heteroatoms. The highest BCUT2D eigenvalue weighted by Crippen LogP contribution is 2.55. The minimum Gasteiger partial charge on any atom is -0.508 e. The molecule has 0 spiro atoms. The second kappa shape index (κ2) is 8.53. The first kappa shape index (κ1) is 21.1. The number of ether oxygens (including phenoxy) is 4. The third-order valence-corrected chi connectivity index (χ3v) is 6.24. The van der Waals surface area contributed by atoms with Gasteiger partial charge < -0.3 is 24.1 Å². The molecule has 1 N–H and O–H groups in total. The Morgan fingerprint density at radius 1 is 1.16 bits per heavy atom. The van der Waals surface area contributed by atoms with Gasteiger partial charge in [0.05, 0.1) is 19.8 Å². The zero-order valence-electron chi connectivity index (χ0n) is 18.3. The Kier molecular flexibility index (Phi) is 5.81. The van der Waals surface area contributed by atoms with Gasteiger partial charge in [-0.1, -0.05) is 44.2 Å². The van der Waals surface area contributed by atoms with Crippen molar-refractivity contribution in [1.82, 2.24) is 0 Å². The predicted octanol–water partition coefficient (Wildman–Crippen LogP) is 4.78. The number of methoxy groups -OCH3 is 2. The molecule has 2 aromatic rings. The highest BCUT2D eigenvalue weighted by Gasteiger charge is 2.50. The molecule has 0 bridgehead atoms. The van der Waals surface area contributed by atoms with Crippen molar-refractivity contribution in [3.05, 3.63) is 64.9 Å². The van der Waals surface area contributed by atoms with Gasteiger partial charge in [0.25, 0.3) is 0 Å². The summed E-state index contributed by atoms with van der Waals surface area (Å²) >= 11 is 0. The molecule has 2 aliphatic rings. The summed E-state index contributed by atoms with van der Waals surface area (Å²) in [5.74, 6) is 1.52. The highest BCUT2D eigenvalue weighted by molar-refractivity contribution is 5.89. The smallest absolute Gasteiger partial charge is 0.337 e. The highest BCUT2D eigenvalue weighted by atomic mass is 16.5. The molecule has 0 saturated carbocycles. The zero-order chi connectivity index (χ0) is 22.1. The van der Waals surface area contributed by atoms with Crippen molar-refractivity contribution >= 4 is 5.97 Å². The van der Waals surface area contributed by atoms with E-state index in [1.54, 1.807) is 20.3 Å². The van der Waals surface area contributed by atoms with E-state index in [-0.39, 0.29) is 35.7 Å². The Bertz CT molecular complexity index is 995. The van der Waals surface area contributed by atoms with Crippen molar-refractivity contribution in [2.75, 3.05) is 14.2 Å². The molecule has 0 aromatic heterocycles. The number of hydrogen-bond acceptors (Lipinski definition) is 6. The lowest BCUT2D eigenvalue weighted by Gasteiger charge is -2.36. The van der Waals surface area contributed by atoms with Crippen molar-refractivity contribution in [2.45, 2.75) is 38.9 Å². The van der Waals surface area contributed by atoms with E-state index in [2.05, 4.69) is 13.8 Å². The number of esters is 1. The van der Waals surface area contributed by atoms with Gasteiger partial charge in [-0.3, -0.25) is 0 Å². The Hall–Kier alpha value is -3.15. The first-order chi connectivity index (χ1) is 14.9. The van der Waals surface area contributed by atoms with Crippen LogP contribution in [0.1, 0.15) is 37.3 Å². The third kappa shape index (κ3) is 3.82. The maximum atomic E-state index is 12.9. The summed E-state index contributed by atoms with van der Waals surface area (Å²) in [6.45, 7) is 4.39. The van der Waals surface area contributed by atoms with E-state index in [0.717, 1.165) is 11.1 Å². The van der Waals surface area contributed by atoms with Crippen LogP contribution in [0.3, 0.4) is 0 Å². The molecular formula is C25H28O6. The van der Waals surface area contributed by atoms with Gasteiger partial charge in [0.1, 0.15) is 29.6 Å². The van der Waals surface area contributed by atoms with Gasteiger partial charge in [0.2, 0.25) is 0 Å². The molecule has 6 nitrogen and oxygen atoms in total. The Labute approximate surface area is 182 Å². The van der Waals surface area contributed by atoms with Crippen LogP contribution < -0.4 is 14.2 Å². The summed E-state index contributed by atoms with van der Waals surface area (Å²) in [6, 6.07) is 13.1. The molecule has 0 unspecified atom stereocenters. The van der Waals surface area contributed by atoms with Gasteiger partial charge in [-0.15, -0.1) is 0 Å². The number of benzene rings is 2. The molecule has 3 atom stereocenters. The molecule has 4 rings (SSSR count). The van der Waals surface area contributed by atoms with E-state index >= 15 is 0 Å². The maximum Gasteiger partial charge on any atom is 0.337 e. The van der Waals surface area contributed by atoms with Crippen molar-refractivity contribution in [1.29, 1.82) is 0 Å². The molecule has 1 aliphatic heterocycles. The molecular weight excluding hydrogens is 396 g/mol. The summed E-state index contributed by atoms with van der Waals surface area (Å²) in [7, 11) is 3.19. The van der Waals surface area contributed by atoms with Crippen LogP contribution in [0.2, 0.25) is 0 Å². The van der Waals surface area contributed by atoms with Crippen LogP contribution in [0, 0.1) is 11.8 Å². The summed E-state index contributed by atoms with van der Waals surface area (Å²) in [5, 5.41) is 11.1. The Balaban J connectivity index is 1.67. The summed E-state index contributed by atoms with van der Waals surface area (Å²) in [4.78, 5) is 12.9. The topological polar surface area (TPSA) is 74.2 Å². The van der Waals surface area contributed by atoms with Gasteiger partial charge in [0, 0.05) is 23.6 Å². The quantitative estimate of drug-likeness (QED) is 0.673. The molecule has 0 radical (unpaired) electrons. The van der Waals surface area contributed by atoms with Crippen molar-refractivity contribution in [3.63, 3.8) is 0 Å². The lowest BCUT2D eigenvalue weighted by molar-refractivity contribution is -0.141. The number of rotatable bonds is 6. The van der Waals surface area contributed by atoms with Crippen LogP contribution in [-0.2, 0) is 16.1 Å². The average molecular weight is 424 g/mol. The van der Waals surface area contributed by atoms with Gasteiger partial charge >= 0.3 is 5.97 Å². The average Bonchev–Trinajstić information content (AvgIpc) is 3.17. The minimum atomic E-state index is -0.656. The van der Waals surface area contributed by atoms with E-state index in [4.69, 9.17) is 18.9 Å². The molecule has 164 valence electrons. The standard InChI is InChI=1S/C25H28O6/c1-14(2)17-12-18(25(27)30-13-15-8-6-5-7-9-15)23(26)24-21(17)22-19(29-4)10-16(28-3)11-20(22)31-24/h5-11,14,17,21,24,26H,12-13H2,1-4H3/t17-,21+,24-/m1/s1. The Morgan fingerprint density at radius 2 is 1.90 bits per heavy atom. The van der Waals surface area contributed by atoms with Crippen molar-refractivity contribution < 1.29 is 28.8 Å². The van der Waals surface area contributed by atoms with E-state index in [9.17, 15) is 9.90 Å². The zero-order valence-corrected chi connectivity index (χ0v) is 18.3. The fraction of sp³-hybridized carbons (Fsp3) is 0.400. The number of fused-ring (bicyclic) bond motifs is 3. The SMILES string of the molecule is COc1cc(OC)c2c(c1)O[C@H]1C(O)=C(C(=O)OCc3ccccc3)C[C@H](C(C)C)[C@@H]21. The largest absolute Gasteiger partial charge is 0.508 e. The Morgan fingerprint density at radius 3 is 2.55 bits per heavy atom. The van der Waals surface area contributed by atoms with Gasteiger partial charge in [-0.05, 0) is 23.8 Å². The van der Waals surface area contributed by atoms with Gasteiger partial charge in [0.15, 0.2) is 6.10 Å². The lowest BCUT2D eigenvalue weighted by Crippen LogP contribution is -2.37. The fourth-order valence-electron chi connectivity index (χ4n) is 4.60. The van der Waals surface area contributed by atoms with Gasteiger partial charge in [-0.25, -0.2) is 4.79 Å². The number of aliphatic hydroxyl groups is 1. The third-order valence-electron chi connectivity index (χ3n) is 6.24. The summed E-state index contributed by atoms with van der Waals surface area (Å²) < 4.78 is 22.7. The van der Waals surface area contributed by atoms with Crippen molar-refractivity contribution in [2.24, 2.45) is 11.8 Å². The monoisotopic (exact) mass is 424 g/mol. The first-order valence-corrected chi connectivity index (χ1v) is 10.5. The van der Waals surface area contributed by atoms with E-state index in [1.165, 1.54) is 0 Å².